The van der Waals surface area contributed by atoms with Gasteiger partial charge in [0, 0.05) is 33.3 Å². The maximum atomic E-state index is 14.8. The molecule has 2 aromatic heterocycles. The van der Waals surface area contributed by atoms with Crippen LogP contribution in [-0.4, -0.2) is 69.4 Å². The number of carbonyl (C=O) groups excluding carboxylic acids is 2. The maximum Gasteiger partial charge on any atom is 0.255 e. The van der Waals surface area contributed by atoms with Gasteiger partial charge in [0.25, 0.3) is 5.91 Å². The summed E-state index contributed by atoms with van der Waals surface area (Å²) >= 11 is 6.24. The Bertz CT molecular complexity index is 1440. The lowest BCUT2D eigenvalue weighted by Gasteiger charge is -2.22. The highest BCUT2D eigenvalue weighted by Crippen LogP contribution is 2.33. The summed E-state index contributed by atoms with van der Waals surface area (Å²) in [5.74, 6) is 4.38. The molecule has 0 saturated carbocycles. The second-order valence-electron chi connectivity index (χ2n) is 8.35. The SMILES string of the molecule is C=CC(=O)N1C[C@@H](n2nc(C#Cc3cc4ncn(C)c4c(F)c3Cl)c(C(N)=O)c2NC)C[C@H]1COC. The van der Waals surface area contributed by atoms with Crippen molar-refractivity contribution in [3.05, 3.63) is 52.7 Å². The van der Waals surface area contributed by atoms with Crippen molar-refractivity contribution < 1.29 is 18.7 Å². The lowest BCUT2D eigenvalue weighted by molar-refractivity contribution is -0.127. The molecule has 0 bridgehead atoms. The number of nitrogens with two attached hydrogens (primary N) is 1. The molecule has 3 aromatic rings. The van der Waals surface area contributed by atoms with Crippen molar-refractivity contribution in [2.75, 3.05) is 32.6 Å². The van der Waals surface area contributed by atoms with Gasteiger partial charge in [0.2, 0.25) is 5.91 Å². The molecule has 0 radical (unpaired) electrons. The molecule has 12 heteroatoms. The maximum absolute atomic E-state index is 14.8. The van der Waals surface area contributed by atoms with Crippen LogP contribution >= 0.6 is 11.6 Å². The number of carbonyl (C=O) groups is 2. The molecule has 1 fully saturated rings. The number of methoxy groups -OCH3 is 1. The summed E-state index contributed by atoms with van der Waals surface area (Å²) in [6.07, 6.45) is 3.26. The number of anilines is 1. The Hall–Kier alpha value is -3.88. The Balaban J connectivity index is 1.78. The highest BCUT2D eigenvalue weighted by molar-refractivity contribution is 6.32. The van der Waals surface area contributed by atoms with E-state index in [-0.39, 0.29) is 45.4 Å². The third-order valence-corrected chi connectivity index (χ3v) is 6.52. The summed E-state index contributed by atoms with van der Waals surface area (Å²) in [5.41, 5.74) is 6.70. The molecule has 1 aromatic carbocycles. The number of nitrogens with zero attached hydrogens (tertiary/aromatic N) is 5. The van der Waals surface area contributed by atoms with Gasteiger partial charge >= 0.3 is 0 Å². The monoisotopic (exact) mass is 513 g/mol. The van der Waals surface area contributed by atoms with Crippen LogP contribution in [0.3, 0.4) is 0 Å². The number of hydrogen-bond donors (Lipinski definition) is 2. The zero-order valence-corrected chi connectivity index (χ0v) is 20.8. The van der Waals surface area contributed by atoms with E-state index in [1.807, 2.05) is 0 Å². The predicted molar refractivity (Wildman–Crippen MR) is 133 cm³/mol. The number of amides is 2. The molecular formula is C24H25ClFN7O3. The second-order valence-corrected chi connectivity index (χ2v) is 8.73. The smallest absolute Gasteiger partial charge is 0.255 e. The number of imidazole rings is 1. The third kappa shape index (κ3) is 4.29. The van der Waals surface area contributed by atoms with Crippen molar-refractivity contribution in [3.8, 4) is 11.8 Å². The van der Waals surface area contributed by atoms with Gasteiger partial charge in [-0.2, -0.15) is 5.10 Å². The summed E-state index contributed by atoms with van der Waals surface area (Å²) in [4.78, 5) is 30.6. The number of aryl methyl sites for hydroxylation is 1. The summed E-state index contributed by atoms with van der Waals surface area (Å²) in [6.45, 7) is 4.23. The third-order valence-electron chi connectivity index (χ3n) is 6.15. The van der Waals surface area contributed by atoms with Crippen molar-refractivity contribution in [2.24, 2.45) is 12.8 Å². The fourth-order valence-corrected chi connectivity index (χ4v) is 4.72. The zero-order valence-electron chi connectivity index (χ0n) is 20.0. The lowest BCUT2D eigenvalue weighted by Crippen LogP contribution is -2.37. The van der Waals surface area contributed by atoms with E-state index >= 15 is 0 Å². The molecule has 2 amide bonds. The van der Waals surface area contributed by atoms with Crippen LogP contribution < -0.4 is 11.1 Å². The molecule has 3 heterocycles. The molecule has 3 N–H and O–H groups in total. The van der Waals surface area contributed by atoms with Crippen LogP contribution in [0.2, 0.25) is 5.02 Å². The van der Waals surface area contributed by atoms with Crippen LogP contribution in [0.25, 0.3) is 11.0 Å². The molecule has 0 spiro atoms. The molecule has 0 unspecified atom stereocenters. The van der Waals surface area contributed by atoms with Gasteiger partial charge in [-0.25, -0.2) is 14.1 Å². The van der Waals surface area contributed by atoms with Gasteiger partial charge in [0.1, 0.15) is 16.9 Å². The molecular weight excluding hydrogens is 489 g/mol. The standard InChI is InChI=1S/C24H25ClFN7O3/c1-5-18(34)32-10-14(9-15(32)11-36-4)33-24(28-2)19(23(27)35)16(30-33)7-6-13-8-17-22(21(26)20(13)25)31(3)12-29-17/h5,8,12,14-15,28H,1,9-11H2,2-4H3,(H2,27,35)/t14-,15-/m0/s1. The first-order valence-corrected chi connectivity index (χ1v) is 11.4. The number of fused-ring (bicyclic) bond motifs is 1. The minimum atomic E-state index is -0.738. The van der Waals surface area contributed by atoms with Crippen molar-refractivity contribution in [1.29, 1.82) is 0 Å². The number of likely N-dealkylation sites (tertiary alicyclic amines) is 1. The van der Waals surface area contributed by atoms with Crippen LogP contribution in [0.15, 0.2) is 25.0 Å². The first-order chi connectivity index (χ1) is 17.2. The highest BCUT2D eigenvalue weighted by Gasteiger charge is 2.37. The van der Waals surface area contributed by atoms with Crippen molar-refractivity contribution in [1.82, 2.24) is 24.2 Å². The van der Waals surface area contributed by atoms with Crippen LogP contribution in [0, 0.1) is 17.7 Å². The molecule has 1 saturated heterocycles. The Kier molecular flexibility index (Phi) is 7.01. The van der Waals surface area contributed by atoms with Crippen LogP contribution in [-0.2, 0) is 16.6 Å². The molecule has 36 heavy (non-hydrogen) atoms. The molecule has 4 rings (SSSR count). The number of benzene rings is 1. The van der Waals surface area contributed by atoms with E-state index in [1.165, 1.54) is 17.0 Å². The lowest BCUT2D eigenvalue weighted by atomic mass is 10.1. The van der Waals surface area contributed by atoms with E-state index in [4.69, 9.17) is 22.1 Å². The predicted octanol–water partition coefficient (Wildman–Crippen LogP) is 2.08. The molecule has 188 valence electrons. The molecule has 1 aliphatic rings. The van der Waals surface area contributed by atoms with Gasteiger partial charge in [-0.1, -0.05) is 24.1 Å². The number of hydrogen-bond acceptors (Lipinski definition) is 6. The average molecular weight is 514 g/mol. The molecule has 0 aliphatic carbocycles. The first-order valence-electron chi connectivity index (χ1n) is 11.0. The van der Waals surface area contributed by atoms with E-state index < -0.39 is 11.7 Å². The molecule has 10 nitrogen and oxygen atoms in total. The number of rotatable bonds is 6. The van der Waals surface area contributed by atoms with E-state index in [0.29, 0.717) is 30.9 Å². The van der Waals surface area contributed by atoms with Crippen LogP contribution in [0.4, 0.5) is 10.2 Å². The number of halogens is 2. The van der Waals surface area contributed by atoms with Crippen molar-refractivity contribution in [2.45, 2.75) is 18.5 Å². The van der Waals surface area contributed by atoms with Gasteiger partial charge in [-0.15, -0.1) is 0 Å². The first kappa shape index (κ1) is 25.2. The van der Waals surface area contributed by atoms with Gasteiger partial charge in [-0.05, 0) is 24.5 Å². The van der Waals surface area contributed by atoms with E-state index in [1.54, 1.807) is 36.9 Å². The number of primary amides is 1. The Morgan fingerprint density at radius 3 is 2.83 bits per heavy atom. The van der Waals surface area contributed by atoms with Crippen molar-refractivity contribution >= 4 is 40.3 Å². The number of nitrogens with one attached hydrogen (secondary N) is 1. The Labute approximate surface area is 211 Å². The Morgan fingerprint density at radius 2 is 2.19 bits per heavy atom. The topological polar surface area (TPSA) is 120 Å². The fourth-order valence-electron chi connectivity index (χ4n) is 4.53. The van der Waals surface area contributed by atoms with E-state index in [9.17, 15) is 14.0 Å². The van der Waals surface area contributed by atoms with Crippen LogP contribution in [0.5, 0.6) is 0 Å². The van der Waals surface area contributed by atoms with Gasteiger partial charge in [0.15, 0.2) is 11.5 Å². The van der Waals surface area contributed by atoms with Gasteiger partial charge in [-0.3, -0.25) is 9.59 Å². The molecule has 1 aliphatic heterocycles. The van der Waals surface area contributed by atoms with E-state index in [2.05, 4.69) is 33.8 Å². The van der Waals surface area contributed by atoms with Gasteiger partial charge < -0.3 is 25.3 Å². The quantitative estimate of drug-likeness (QED) is 0.384. The normalized spacial score (nSPS) is 17.2. The minimum absolute atomic E-state index is 0.0808. The molecule has 2 atom stereocenters. The summed E-state index contributed by atoms with van der Waals surface area (Å²) in [7, 11) is 4.85. The van der Waals surface area contributed by atoms with Gasteiger partial charge in [0.05, 0.1) is 35.6 Å². The average Bonchev–Trinajstić information content (AvgIpc) is 3.55. The van der Waals surface area contributed by atoms with Crippen LogP contribution in [0.1, 0.15) is 34.1 Å². The number of aromatic nitrogens is 4. The minimum Gasteiger partial charge on any atom is -0.383 e. The van der Waals surface area contributed by atoms with E-state index in [0.717, 1.165) is 0 Å². The van der Waals surface area contributed by atoms with Crippen molar-refractivity contribution in [3.63, 3.8) is 0 Å². The number of ether oxygens (including phenoxy) is 1. The summed E-state index contributed by atoms with van der Waals surface area (Å²) in [6, 6.07) is 1.09. The second kappa shape index (κ2) is 10.0. The summed E-state index contributed by atoms with van der Waals surface area (Å²) < 4.78 is 23.2. The fraction of sp³-hybridized carbons (Fsp3) is 0.333. The Morgan fingerprint density at radius 1 is 1.44 bits per heavy atom. The zero-order chi connectivity index (χ0) is 26.1. The highest BCUT2D eigenvalue weighted by atomic mass is 35.5. The summed E-state index contributed by atoms with van der Waals surface area (Å²) in [5, 5.41) is 7.36. The largest absolute Gasteiger partial charge is 0.383 e.